The highest BCUT2D eigenvalue weighted by Crippen LogP contribution is 2.27. The average Bonchev–Trinajstić information content (AvgIpc) is 2.84. The molecule has 0 fully saturated rings. The van der Waals surface area contributed by atoms with Gasteiger partial charge in [-0.25, -0.2) is 0 Å². The van der Waals surface area contributed by atoms with E-state index in [1.807, 2.05) is 35.9 Å². The molecule has 4 heteroatoms. The Hall–Kier alpha value is -1.42. The molecule has 0 saturated carbocycles. The fraction of sp³-hybridized carbons (Fsp3) is 0.438. The van der Waals surface area contributed by atoms with Gasteiger partial charge in [0.15, 0.2) is 0 Å². The van der Waals surface area contributed by atoms with Crippen LogP contribution >= 0.6 is 12.6 Å². The van der Waals surface area contributed by atoms with Gasteiger partial charge in [0.1, 0.15) is 5.75 Å². The summed E-state index contributed by atoms with van der Waals surface area (Å²) in [7, 11) is 0. The van der Waals surface area contributed by atoms with Gasteiger partial charge in [-0.3, -0.25) is 4.68 Å². The summed E-state index contributed by atoms with van der Waals surface area (Å²) < 4.78 is 7.48. The molecular formula is C16H22N2OS. The maximum Gasteiger partial charge on any atom is 0.119 e. The van der Waals surface area contributed by atoms with Gasteiger partial charge in [-0.15, -0.1) is 0 Å². The van der Waals surface area contributed by atoms with Gasteiger partial charge < -0.3 is 4.74 Å². The molecule has 20 heavy (non-hydrogen) atoms. The molecule has 0 aliphatic rings. The minimum absolute atomic E-state index is 0.0266. The van der Waals surface area contributed by atoms with Crippen LogP contribution in [0.2, 0.25) is 0 Å². The molecule has 1 heterocycles. The van der Waals surface area contributed by atoms with Crippen LogP contribution in [0.4, 0.5) is 0 Å². The van der Waals surface area contributed by atoms with Crippen LogP contribution in [0.1, 0.15) is 33.3 Å². The topological polar surface area (TPSA) is 27.1 Å². The van der Waals surface area contributed by atoms with Crippen molar-refractivity contribution in [2.24, 2.45) is 0 Å². The van der Waals surface area contributed by atoms with Crippen molar-refractivity contribution in [1.29, 1.82) is 0 Å². The summed E-state index contributed by atoms with van der Waals surface area (Å²) in [6.45, 7) is 9.09. The lowest BCUT2D eigenvalue weighted by atomic mass is 10.1. The van der Waals surface area contributed by atoms with Crippen molar-refractivity contribution in [3.8, 4) is 17.0 Å². The molecule has 0 N–H and O–H groups in total. The minimum atomic E-state index is -0.0266. The Bertz CT molecular complexity index is 567. The van der Waals surface area contributed by atoms with Crippen LogP contribution in [0.5, 0.6) is 5.75 Å². The van der Waals surface area contributed by atoms with E-state index in [0.29, 0.717) is 12.4 Å². The van der Waals surface area contributed by atoms with Gasteiger partial charge in [-0.1, -0.05) is 0 Å². The highest BCUT2D eigenvalue weighted by Gasteiger charge is 2.18. The summed E-state index contributed by atoms with van der Waals surface area (Å²) in [5.41, 5.74) is 3.21. The number of ether oxygens (including phenoxy) is 1. The van der Waals surface area contributed by atoms with E-state index in [2.05, 4.69) is 39.6 Å². The van der Waals surface area contributed by atoms with Crippen molar-refractivity contribution < 1.29 is 4.74 Å². The van der Waals surface area contributed by atoms with Crippen LogP contribution in [0.15, 0.2) is 30.5 Å². The molecular weight excluding hydrogens is 268 g/mol. The maximum absolute atomic E-state index is 5.47. The van der Waals surface area contributed by atoms with Crippen molar-refractivity contribution in [1.82, 2.24) is 9.78 Å². The van der Waals surface area contributed by atoms with E-state index in [0.717, 1.165) is 22.6 Å². The Balaban J connectivity index is 2.38. The van der Waals surface area contributed by atoms with Gasteiger partial charge >= 0.3 is 0 Å². The second-order valence-corrected chi connectivity index (χ2v) is 6.05. The maximum atomic E-state index is 5.47. The number of hydrogen-bond donors (Lipinski definition) is 1. The van der Waals surface area contributed by atoms with Crippen molar-refractivity contribution in [2.75, 3.05) is 6.61 Å². The molecule has 0 saturated heterocycles. The molecule has 3 nitrogen and oxygen atoms in total. The van der Waals surface area contributed by atoms with Gasteiger partial charge in [0.2, 0.25) is 0 Å². The van der Waals surface area contributed by atoms with Crippen molar-refractivity contribution in [3.05, 3.63) is 36.0 Å². The van der Waals surface area contributed by atoms with E-state index in [1.165, 1.54) is 0 Å². The van der Waals surface area contributed by atoms with Gasteiger partial charge in [0.05, 0.1) is 17.8 Å². The first-order valence-corrected chi connectivity index (χ1v) is 7.52. The zero-order chi connectivity index (χ0) is 14.8. The number of benzene rings is 1. The molecule has 2 rings (SSSR count). The van der Waals surface area contributed by atoms with Crippen molar-refractivity contribution in [2.45, 2.75) is 39.0 Å². The first-order chi connectivity index (χ1) is 9.45. The highest BCUT2D eigenvalue weighted by molar-refractivity contribution is 7.79. The molecule has 0 amide bonds. The standard InChI is InChI=1S/C16H22N2OS/c1-5-19-14-8-6-12(7-9-14)15-13(11-20)10-18(17-15)16(2,3)4/h6-10,20H,5,11H2,1-4H3. The Morgan fingerprint density at radius 2 is 1.85 bits per heavy atom. The second-order valence-electron chi connectivity index (χ2n) is 5.73. The zero-order valence-corrected chi connectivity index (χ0v) is 13.4. The van der Waals surface area contributed by atoms with Crippen LogP contribution in [0.3, 0.4) is 0 Å². The lowest BCUT2D eigenvalue weighted by Crippen LogP contribution is -2.22. The van der Waals surface area contributed by atoms with Gasteiger partial charge in [0.25, 0.3) is 0 Å². The lowest BCUT2D eigenvalue weighted by Gasteiger charge is -2.18. The predicted molar refractivity (Wildman–Crippen MR) is 86.5 cm³/mol. The predicted octanol–water partition coefficient (Wildman–Crippen LogP) is 4.13. The van der Waals surface area contributed by atoms with Crippen molar-refractivity contribution in [3.63, 3.8) is 0 Å². The first kappa shape index (κ1) is 15.0. The molecule has 0 aliphatic heterocycles. The van der Waals surface area contributed by atoms with Gasteiger partial charge in [-0.2, -0.15) is 17.7 Å². The number of aromatic nitrogens is 2. The molecule has 0 unspecified atom stereocenters. The van der Waals surface area contributed by atoms with Crippen LogP contribution in [0, 0.1) is 0 Å². The van der Waals surface area contributed by atoms with Gasteiger partial charge in [0, 0.05) is 23.1 Å². The zero-order valence-electron chi connectivity index (χ0n) is 12.6. The minimum Gasteiger partial charge on any atom is -0.494 e. The van der Waals surface area contributed by atoms with E-state index in [9.17, 15) is 0 Å². The Morgan fingerprint density at radius 3 is 2.35 bits per heavy atom. The molecule has 0 spiro atoms. The third kappa shape index (κ3) is 3.18. The van der Waals surface area contributed by atoms with Crippen molar-refractivity contribution >= 4 is 12.6 Å². The smallest absolute Gasteiger partial charge is 0.119 e. The van der Waals surface area contributed by atoms with E-state index in [-0.39, 0.29) is 5.54 Å². The monoisotopic (exact) mass is 290 g/mol. The molecule has 1 aromatic carbocycles. The summed E-state index contributed by atoms with van der Waals surface area (Å²) >= 11 is 4.41. The number of nitrogens with zero attached hydrogens (tertiary/aromatic N) is 2. The van der Waals surface area contributed by atoms with Crippen LogP contribution < -0.4 is 4.74 Å². The Labute approximate surface area is 126 Å². The lowest BCUT2D eigenvalue weighted by molar-refractivity contribution is 0.340. The molecule has 0 atom stereocenters. The number of rotatable bonds is 4. The third-order valence-electron chi connectivity index (χ3n) is 3.09. The summed E-state index contributed by atoms with van der Waals surface area (Å²) in [6, 6.07) is 8.06. The third-order valence-corrected chi connectivity index (χ3v) is 3.43. The molecule has 0 radical (unpaired) electrons. The van der Waals surface area contributed by atoms with Crippen LogP contribution in [-0.4, -0.2) is 16.4 Å². The molecule has 0 bridgehead atoms. The largest absolute Gasteiger partial charge is 0.494 e. The summed E-state index contributed by atoms with van der Waals surface area (Å²) in [6.07, 6.45) is 2.08. The first-order valence-electron chi connectivity index (χ1n) is 6.89. The normalized spacial score (nSPS) is 11.7. The Kier molecular flexibility index (Phi) is 4.43. The molecule has 2 aromatic rings. The van der Waals surface area contributed by atoms with E-state index in [1.54, 1.807) is 0 Å². The van der Waals surface area contributed by atoms with E-state index in [4.69, 9.17) is 9.84 Å². The van der Waals surface area contributed by atoms with Crippen LogP contribution in [-0.2, 0) is 11.3 Å². The Morgan fingerprint density at radius 1 is 1.20 bits per heavy atom. The second kappa shape index (κ2) is 5.92. The molecule has 108 valence electrons. The van der Waals surface area contributed by atoms with E-state index < -0.39 is 0 Å². The number of hydrogen-bond acceptors (Lipinski definition) is 3. The number of thiol groups is 1. The highest BCUT2D eigenvalue weighted by atomic mass is 32.1. The average molecular weight is 290 g/mol. The van der Waals surface area contributed by atoms with Crippen LogP contribution in [0.25, 0.3) is 11.3 Å². The summed E-state index contributed by atoms with van der Waals surface area (Å²) in [5, 5.41) is 4.73. The SMILES string of the molecule is CCOc1ccc(-c2nn(C(C)(C)C)cc2CS)cc1. The molecule has 0 aliphatic carbocycles. The fourth-order valence-corrected chi connectivity index (χ4v) is 2.22. The van der Waals surface area contributed by atoms with E-state index >= 15 is 0 Å². The molecule has 1 aromatic heterocycles. The fourth-order valence-electron chi connectivity index (χ4n) is 1.99. The quantitative estimate of drug-likeness (QED) is 0.857. The summed E-state index contributed by atoms with van der Waals surface area (Å²) in [4.78, 5) is 0. The van der Waals surface area contributed by atoms with Gasteiger partial charge in [-0.05, 0) is 52.0 Å². The summed E-state index contributed by atoms with van der Waals surface area (Å²) in [5.74, 6) is 1.57.